The summed E-state index contributed by atoms with van der Waals surface area (Å²) in [6.07, 6.45) is 6.26. The predicted molar refractivity (Wildman–Crippen MR) is 79.6 cm³/mol. The SMILES string of the molecule is CC1(I)CC2CC1C1C3CCC(C3I)C21. The van der Waals surface area contributed by atoms with E-state index in [0.717, 1.165) is 33.5 Å². The third kappa shape index (κ3) is 1.14. The maximum Gasteiger partial charge on any atom is 0.0228 e. The van der Waals surface area contributed by atoms with Gasteiger partial charge in [0.15, 0.2) is 0 Å². The average Bonchev–Trinajstić information content (AvgIpc) is 2.83. The van der Waals surface area contributed by atoms with Crippen molar-refractivity contribution in [3.63, 3.8) is 0 Å². The fourth-order valence-corrected chi connectivity index (χ4v) is 8.72. The molecule has 4 aliphatic rings. The highest BCUT2D eigenvalue weighted by Gasteiger charge is 2.67. The molecule has 4 fully saturated rings. The van der Waals surface area contributed by atoms with Crippen LogP contribution in [-0.4, -0.2) is 7.35 Å². The zero-order valence-electron chi connectivity index (χ0n) is 9.13. The molecule has 2 heteroatoms. The van der Waals surface area contributed by atoms with Gasteiger partial charge in [-0.3, -0.25) is 0 Å². The first kappa shape index (κ1) is 10.4. The minimum absolute atomic E-state index is 0.657. The van der Waals surface area contributed by atoms with Crippen molar-refractivity contribution < 1.29 is 0 Å². The second-order valence-corrected chi connectivity index (χ2v) is 10.5. The molecule has 8 unspecified atom stereocenters. The first-order valence-electron chi connectivity index (χ1n) is 6.42. The van der Waals surface area contributed by atoms with Crippen LogP contribution in [0.4, 0.5) is 0 Å². The highest BCUT2D eigenvalue weighted by atomic mass is 127. The second kappa shape index (κ2) is 3.07. The second-order valence-electron chi connectivity index (χ2n) is 6.59. The highest BCUT2D eigenvalue weighted by Crippen LogP contribution is 2.72. The molecular formula is C13H18I2. The molecule has 0 saturated heterocycles. The Hall–Kier alpha value is 1.46. The molecule has 15 heavy (non-hydrogen) atoms. The maximum atomic E-state index is 2.79. The van der Waals surface area contributed by atoms with Gasteiger partial charge in [-0.2, -0.15) is 0 Å². The minimum atomic E-state index is 0.657. The van der Waals surface area contributed by atoms with Crippen molar-refractivity contribution in [3.8, 4) is 0 Å². The number of halogens is 2. The molecule has 4 aliphatic carbocycles. The Morgan fingerprint density at radius 1 is 1.13 bits per heavy atom. The van der Waals surface area contributed by atoms with E-state index in [2.05, 4.69) is 52.1 Å². The van der Waals surface area contributed by atoms with E-state index in [0.29, 0.717) is 3.42 Å². The van der Waals surface area contributed by atoms with Crippen molar-refractivity contribution in [3.05, 3.63) is 0 Å². The maximum absolute atomic E-state index is 2.79. The molecule has 0 heterocycles. The summed E-state index contributed by atoms with van der Waals surface area (Å²) in [5.41, 5.74) is 0. The van der Waals surface area contributed by atoms with Crippen LogP contribution in [-0.2, 0) is 0 Å². The van der Waals surface area contributed by atoms with Crippen molar-refractivity contribution >= 4 is 45.2 Å². The summed E-state index contributed by atoms with van der Waals surface area (Å²) in [5.74, 6) is 6.76. The van der Waals surface area contributed by atoms with Crippen molar-refractivity contribution in [2.24, 2.45) is 35.5 Å². The molecule has 0 spiro atoms. The van der Waals surface area contributed by atoms with Crippen molar-refractivity contribution in [1.82, 2.24) is 0 Å². The van der Waals surface area contributed by atoms with Crippen LogP contribution in [0.1, 0.15) is 32.6 Å². The van der Waals surface area contributed by atoms with Crippen LogP contribution in [0.5, 0.6) is 0 Å². The topological polar surface area (TPSA) is 0 Å². The van der Waals surface area contributed by atoms with Crippen molar-refractivity contribution in [2.45, 2.75) is 40.0 Å². The Morgan fingerprint density at radius 3 is 2.53 bits per heavy atom. The van der Waals surface area contributed by atoms with E-state index in [9.17, 15) is 0 Å². The van der Waals surface area contributed by atoms with Crippen LogP contribution < -0.4 is 0 Å². The van der Waals surface area contributed by atoms with Gasteiger partial charge in [-0.05, 0) is 61.2 Å². The van der Waals surface area contributed by atoms with Gasteiger partial charge in [0.05, 0.1) is 0 Å². The van der Waals surface area contributed by atoms with E-state index in [-0.39, 0.29) is 0 Å². The van der Waals surface area contributed by atoms with Crippen LogP contribution in [0.25, 0.3) is 0 Å². The quantitative estimate of drug-likeness (QED) is 0.307. The van der Waals surface area contributed by atoms with Crippen LogP contribution in [0.15, 0.2) is 0 Å². The first-order chi connectivity index (χ1) is 7.09. The molecule has 0 radical (unpaired) electrons. The number of hydrogen-bond acceptors (Lipinski definition) is 0. The van der Waals surface area contributed by atoms with Gasteiger partial charge in [0.25, 0.3) is 0 Å². The van der Waals surface area contributed by atoms with Crippen LogP contribution in [0, 0.1) is 35.5 Å². The molecule has 0 nitrogen and oxygen atoms in total. The number of fused-ring (bicyclic) bond motifs is 9. The Bertz CT molecular complexity index is 310. The molecular weight excluding hydrogens is 410 g/mol. The minimum Gasteiger partial charge on any atom is -0.0820 e. The molecule has 0 aromatic heterocycles. The normalized spacial score (nSPS) is 70.2. The molecule has 0 aromatic rings. The van der Waals surface area contributed by atoms with E-state index in [1.165, 1.54) is 12.3 Å². The summed E-state index contributed by atoms with van der Waals surface area (Å²) < 4.78 is 1.71. The van der Waals surface area contributed by atoms with Crippen LogP contribution in [0.2, 0.25) is 0 Å². The van der Waals surface area contributed by atoms with Crippen molar-refractivity contribution in [2.75, 3.05) is 0 Å². The van der Waals surface area contributed by atoms with Gasteiger partial charge in [0, 0.05) is 7.35 Å². The Balaban J connectivity index is 1.75. The molecule has 8 atom stereocenters. The molecule has 0 aromatic carbocycles. The predicted octanol–water partition coefficient (Wildman–Crippen LogP) is 4.30. The van der Waals surface area contributed by atoms with Crippen LogP contribution >= 0.6 is 45.2 Å². The van der Waals surface area contributed by atoms with Gasteiger partial charge in [-0.15, -0.1) is 0 Å². The Labute approximate surface area is 120 Å². The van der Waals surface area contributed by atoms with E-state index in [1.807, 2.05) is 0 Å². The number of alkyl halides is 2. The summed E-state index contributed by atoms with van der Waals surface area (Å²) in [5, 5.41) is 0. The Kier molecular flexibility index (Phi) is 2.12. The standard InChI is InChI=1S/C13H18I2/c1-13(15)5-6-4-9(13)11-8-3-2-7(10(6)11)12(8)14/h6-12H,2-5H2,1H3. The molecule has 0 N–H and O–H groups in total. The first-order valence-corrected chi connectivity index (χ1v) is 8.75. The third-order valence-corrected chi connectivity index (χ3v) is 9.17. The van der Waals surface area contributed by atoms with E-state index >= 15 is 0 Å². The molecule has 84 valence electrons. The van der Waals surface area contributed by atoms with E-state index in [1.54, 1.807) is 19.3 Å². The lowest BCUT2D eigenvalue weighted by Gasteiger charge is -2.41. The monoisotopic (exact) mass is 428 g/mol. The zero-order valence-corrected chi connectivity index (χ0v) is 13.4. The van der Waals surface area contributed by atoms with E-state index in [4.69, 9.17) is 0 Å². The van der Waals surface area contributed by atoms with Gasteiger partial charge in [0.2, 0.25) is 0 Å². The summed E-state index contributed by atoms with van der Waals surface area (Å²) in [4.78, 5) is 0. The lowest BCUT2D eigenvalue weighted by Crippen LogP contribution is -2.38. The summed E-state index contributed by atoms with van der Waals surface area (Å²) in [7, 11) is 0. The molecule has 0 amide bonds. The molecule has 0 aliphatic heterocycles. The number of hydrogen-bond donors (Lipinski definition) is 0. The van der Waals surface area contributed by atoms with Gasteiger partial charge in [-0.1, -0.05) is 52.1 Å². The van der Waals surface area contributed by atoms with Gasteiger partial charge in [-0.25, -0.2) is 0 Å². The lowest BCUT2D eigenvalue weighted by atomic mass is 9.68. The molecule has 4 bridgehead atoms. The smallest absolute Gasteiger partial charge is 0.0228 e. The van der Waals surface area contributed by atoms with Gasteiger partial charge in [0.1, 0.15) is 0 Å². The largest absolute Gasteiger partial charge is 0.0820 e. The fraction of sp³-hybridized carbons (Fsp3) is 1.00. The fourth-order valence-electron chi connectivity index (χ4n) is 5.80. The highest BCUT2D eigenvalue weighted by molar-refractivity contribution is 14.1. The van der Waals surface area contributed by atoms with E-state index < -0.39 is 0 Å². The summed E-state index contributed by atoms with van der Waals surface area (Å²) in [6.45, 7) is 2.53. The zero-order chi connectivity index (χ0) is 10.4. The Morgan fingerprint density at radius 2 is 1.80 bits per heavy atom. The molecule has 4 saturated carbocycles. The summed E-state index contributed by atoms with van der Waals surface area (Å²) >= 11 is 5.57. The third-order valence-electron chi connectivity index (χ3n) is 6.08. The average molecular weight is 428 g/mol. The van der Waals surface area contributed by atoms with Gasteiger partial charge < -0.3 is 0 Å². The van der Waals surface area contributed by atoms with Crippen LogP contribution in [0.3, 0.4) is 0 Å². The lowest BCUT2D eigenvalue weighted by molar-refractivity contribution is 0.130. The molecule has 4 rings (SSSR count). The van der Waals surface area contributed by atoms with Gasteiger partial charge >= 0.3 is 0 Å². The van der Waals surface area contributed by atoms with Crippen molar-refractivity contribution in [1.29, 1.82) is 0 Å². The number of rotatable bonds is 0. The summed E-state index contributed by atoms with van der Waals surface area (Å²) in [6, 6.07) is 0.